The van der Waals surface area contributed by atoms with Crippen LogP contribution in [0.3, 0.4) is 0 Å². The summed E-state index contributed by atoms with van der Waals surface area (Å²) >= 11 is 0. The van der Waals surface area contributed by atoms with Crippen molar-refractivity contribution in [2.24, 2.45) is 0 Å². The molecule has 0 aromatic heterocycles. The minimum Gasteiger partial charge on any atom is -0.369 e. The molecule has 2 nitrogen and oxygen atoms in total. The fraction of sp³-hybridized carbons (Fsp3) is 0.647. The van der Waals surface area contributed by atoms with Gasteiger partial charge >= 0.3 is 0 Å². The molecule has 0 spiro atoms. The average Bonchev–Trinajstić information content (AvgIpc) is 2.38. The SMILES string of the molecule is CC(C)c1ccc(N2CCN(C)CC2)cc1C(C)C. The van der Waals surface area contributed by atoms with E-state index in [2.05, 4.69) is 62.7 Å². The van der Waals surface area contributed by atoms with Gasteiger partial charge in [-0.25, -0.2) is 0 Å². The van der Waals surface area contributed by atoms with Gasteiger partial charge < -0.3 is 9.80 Å². The van der Waals surface area contributed by atoms with Gasteiger partial charge in [0.2, 0.25) is 0 Å². The zero-order valence-corrected chi connectivity index (χ0v) is 13.1. The molecule has 1 aliphatic heterocycles. The average molecular weight is 260 g/mol. The van der Waals surface area contributed by atoms with Crippen LogP contribution in [0.1, 0.15) is 50.7 Å². The molecule has 0 aliphatic carbocycles. The highest BCUT2D eigenvalue weighted by Crippen LogP contribution is 2.30. The predicted molar refractivity (Wildman–Crippen MR) is 84.3 cm³/mol. The summed E-state index contributed by atoms with van der Waals surface area (Å²) in [6.07, 6.45) is 0. The first-order valence-electron chi connectivity index (χ1n) is 7.56. The summed E-state index contributed by atoms with van der Waals surface area (Å²) in [6, 6.07) is 7.07. The third kappa shape index (κ3) is 3.30. The topological polar surface area (TPSA) is 6.48 Å². The van der Waals surface area contributed by atoms with Crippen LogP contribution in [0.5, 0.6) is 0 Å². The largest absolute Gasteiger partial charge is 0.369 e. The normalized spacial score (nSPS) is 17.5. The van der Waals surface area contributed by atoms with Crippen LogP contribution in [-0.4, -0.2) is 38.1 Å². The molecule has 0 saturated carbocycles. The van der Waals surface area contributed by atoms with Gasteiger partial charge in [-0.2, -0.15) is 0 Å². The Morgan fingerprint density at radius 3 is 1.95 bits per heavy atom. The molecule has 0 unspecified atom stereocenters. The summed E-state index contributed by atoms with van der Waals surface area (Å²) in [5.74, 6) is 1.21. The fourth-order valence-electron chi connectivity index (χ4n) is 2.85. The van der Waals surface area contributed by atoms with Crippen LogP contribution >= 0.6 is 0 Å². The maximum atomic E-state index is 2.52. The maximum Gasteiger partial charge on any atom is 0.0370 e. The first-order chi connectivity index (χ1) is 8.99. The van der Waals surface area contributed by atoms with Crippen molar-refractivity contribution in [2.45, 2.75) is 39.5 Å². The molecular weight excluding hydrogens is 232 g/mol. The zero-order valence-electron chi connectivity index (χ0n) is 13.1. The molecule has 1 heterocycles. The van der Waals surface area contributed by atoms with Gasteiger partial charge in [0.25, 0.3) is 0 Å². The second-order valence-electron chi connectivity index (χ2n) is 6.41. The van der Waals surface area contributed by atoms with E-state index in [-0.39, 0.29) is 0 Å². The van der Waals surface area contributed by atoms with E-state index in [0.29, 0.717) is 11.8 Å². The maximum absolute atomic E-state index is 2.52. The Bertz CT molecular complexity index is 415. The fourth-order valence-corrected chi connectivity index (χ4v) is 2.85. The van der Waals surface area contributed by atoms with Crippen molar-refractivity contribution in [3.63, 3.8) is 0 Å². The molecular formula is C17H28N2. The second-order valence-corrected chi connectivity index (χ2v) is 6.41. The lowest BCUT2D eigenvalue weighted by Crippen LogP contribution is -2.44. The summed E-state index contributed by atoms with van der Waals surface area (Å²) in [4.78, 5) is 4.93. The van der Waals surface area contributed by atoms with Crippen molar-refractivity contribution < 1.29 is 0 Å². The first kappa shape index (κ1) is 14.4. The van der Waals surface area contributed by atoms with Crippen molar-refractivity contribution in [1.82, 2.24) is 4.90 Å². The molecule has 2 heteroatoms. The molecule has 106 valence electrons. The number of likely N-dealkylation sites (N-methyl/N-ethyl adjacent to an activating group) is 1. The van der Waals surface area contributed by atoms with Gasteiger partial charge in [0.1, 0.15) is 0 Å². The number of hydrogen-bond donors (Lipinski definition) is 0. The Morgan fingerprint density at radius 2 is 1.42 bits per heavy atom. The van der Waals surface area contributed by atoms with Crippen molar-refractivity contribution >= 4 is 5.69 Å². The number of anilines is 1. The first-order valence-corrected chi connectivity index (χ1v) is 7.56. The van der Waals surface area contributed by atoms with E-state index >= 15 is 0 Å². The van der Waals surface area contributed by atoms with E-state index in [4.69, 9.17) is 0 Å². The Kier molecular flexibility index (Phi) is 4.51. The molecule has 0 bridgehead atoms. The Balaban J connectivity index is 2.25. The standard InChI is InChI=1S/C17H28N2/c1-13(2)16-7-6-15(12-17(16)14(3)4)19-10-8-18(5)9-11-19/h6-7,12-14H,8-11H2,1-5H3. The van der Waals surface area contributed by atoms with Crippen LogP contribution in [0.2, 0.25) is 0 Å². The van der Waals surface area contributed by atoms with Gasteiger partial charge in [0, 0.05) is 31.9 Å². The van der Waals surface area contributed by atoms with E-state index in [1.54, 1.807) is 0 Å². The Hall–Kier alpha value is -1.02. The number of piperazine rings is 1. The number of benzene rings is 1. The minimum absolute atomic E-state index is 0.602. The lowest BCUT2D eigenvalue weighted by atomic mass is 9.90. The molecule has 0 amide bonds. The summed E-state index contributed by atoms with van der Waals surface area (Å²) in [7, 11) is 2.21. The van der Waals surface area contributed by atoms with E-state index in [1.165, 1.54) is 29.9 Å². The molecule has 0 atom stereocenters. The summed E-state index contributed by atoms with van der Waals surface area (Å²) in [5.41, 5.74) is 4.43. The van der Waals surface area contributed by atoms with Crippen molar-refractivity contribution in [3.8, 4) is 0 Å². The molecule has 0 radical (unpaired) electrons. The van der Waals surface area contributed by atoms with Gasteiger partial charge in [-0.3, -0.25) is 0 Å². The Morgan fingerprint density at radius 1 is 0.842 bits per heavy atom. The van der Waals surface area contributed by atoms with Gasteiger partial charge in [-0.15, -0.1) is 0 Å². The third-order valence-corrected chi connectivity index (χ3v) is 4.18. The smallest absolute Gasteiger partial charge is 0.0370 e. The van der Waals surface area contributed by atoms with Gasteiger partial charge in [0.15, 0.2) is 0 Å². The molecule has 19 heavy (non-hydrogen) atoms. The van der Waals surface area contributed by atoms with Crippen LogP contribution in [-0.2, 0) is 0 Å². The van der Waals surface area contributed by atoms with E-state index in [0.717, 1.165) is 13.1 Å². The number of nitrogens with zero attached hydrogens (tertiary/aromatic N) is 2. The van der Waals surface area contributed by atoms with Gasteiger partial charge in [0.05, 0.1) is 0 Å². The molecule has 1 aromatic rings. The van der Waals surface area contributed by atoms with Gasteiger partial charge in [-0.1, -0.05) is 33.8 Å². The lowest BCUT2D eigenvalue weighted by Gasteiger charge is -2.34. The van der Waals surface area contributed by atoms with Crippen molar-refractivity contribution in [1.29, 1.82) is 0 Å². The molecule has 1 aromatic carbocycles. The highest BCUT2D eigenvalue weighted by atomic mass is 15.2. The van der Waals surface area contributed by atoms with Crippen LogP contribution < -0.4 is 4.90 Å². The van der Waals surface area contributed by atoms with Crippen molar-refractivity contribution in [2.75, 3.05) is 38.1 Å². The zero-order chi connectivity index (χ0) is 14.0. The van der Waals surface area contributed by atoms with E-state index in [9.17, 15) is 0 Å². The van der Waals surface area contributed by atoms with E-state index < -0.39 is 0 Å². The van der Waals surface area contributed by atoms with Crippen LogP contribution in [0.25, 0.3) is 0 Å². The predicted octanol–water partition coefficient (Wildman–Crippen LogP) is 3.69. The van der Waals surface area contributed by atoms with Crippen LogP contribution in [0.15, 0.2) is 18.2 Å². The second kappa shape index (κ2) is 5.96. The van der Waals surface area contributed by atoms with Gasteiger partial charge in [-0.05, 0) is 42.1 Å². The number of rotatable bonds is 3. The highest BCUT2D eigenvalue weighted by Gasteiger charge is 2.17. The highest BCUT2D eigenvalue weighted by molar-refractivity contribution is 5.53. The molecule has 2 rings (SSSR count). The van der Waals surface area contributed by atoms with E-state index in [1.807, 2.05) is 0 Å². The number of hydrogen-bond acceptors (Lipinski definition) is 2. The Labute approximate surface area is 118 Å². The monoisotopic (exact) mass is 260 g/mol. The molecule has 0 N–H and O–H groups in total. The third-order valence-electron chi connectivity index (χ3n) is 4.18. The van der Waals surface area contributed by atoms with Crippen LogP contribution in [0, 0.1) is 0 Å². The summed E-state index contributed by atoms with van der Waals surface area (Å²) < 4.78 is 0. The lowest BCUT2D eigenvalue weighted by molar-refractivity contribution is 0.313. The quantitative estimate of drug-likeness (QED) is 0.818. The van der Waals surface area contributed by atoms with Crippen LogP contribution in [0.4, 0.5) is 5.69 Å². The molecule has 1 aliphatic rings. The van der Waals surface area contributed by atoms with Crippen molar-refractivity contribution in [3.05, 3.63) is 29.3 Å². The molecule has 1 fully saturated rings. The summed E-state index contributed by atoms with van der Waals surface area (Å²) in [6.45, 7) is 13.8. The molecule has 1 saturated heterocycles. The minimum atomic E-state index is 0.602. The summed E-state index contributed by atoms with van der Waals surface area (Å²) in [5, 5.41) is 0.